The van der Waals surface area contributed by atoms with Gasteiger partial charge < -0.3 is 10.6 Å². The molecule has 0 saturated heterocycles. The molecule has 0 bridgehead atoms. The third-order valence-electron chi connectivity index (χ3n) is 3.42. The van der Waals surface area contributed by atoms with Crippen LogP contribution in [0.4, 0.5) is 0 Å². The maximum atomic E-state index is 12.3. The molecule has 1 aromatic carbocycles. The average molecular weight is 374 g/mol. The Balaban J connectivity index is 2.64. The van der Waals surface area contributed by atoms with Crippen LogP contribution >= 0.6 is 22.6 Å². The van der Waals surface area contributed by atoms with E-state index in [0.29, 0.717) is 12.5 Å². The largest absolute Gasteiger partial charge is 0.342 e. The summed E-state index contributed by atoms with van der Waals surface area (Å²) in [6.07, 6.45) is 0.836. The first-order chi connectivity index (χ1) is 8.82. The first-order valence-corrected chi connectivity index (χ1v) is 7.68. The highest BCUT2D eigenvalue weighted by molar-refractivity contribution is 14.1. The van der Waals surface area contributed by atoms with Crippen LogP contribution in [0.3, 0.4) is 0 Å². The van der Waals surface area contributed by atoms with Gasteiger partial charge in [0.05, 0.1) is 0 Å². The minimum atomic E-state index is 0.0638. The van der Waals surface area contributed by atoms with Crippen molar-refractivity contribution in [2.45, 2.75) is 33.2 Å². The van der Waals surface area contributed by atoms with Crippen molar-refractivity contribution < 1.29 is 4.79 Å². The van der Waals surface area contributed by atoms with E-state index in [1.807, 2.05) is 32.2 Å². The van der Waals surface area contributed by atoms with Gasteiger partial charge in [-0.25, -0.2) is 0 Å². The second-order valence-electron chi connectivity index (χ2n) is 5.39. The predicted octanol–water partition coefficient (Wildman–Crippen LogP) is 3.05. The molecule has 0 heterocycles. The van der Waals surface area contributed by atoms with Crippen LogP contribution in [0.2, 0.25) is 0 Å². The summed E-state index contributed by atoms with van der Waals surface area (Å²) in [5.41, 5.74) is 7.95. The third kappa shape index (κ3) is 4.76. The van der Waals surface area contributed by atoms with Crippen LogP contribution in [0.25, 0.3) is 0 Å². The van der Waals surface area contributed by atoms with Crippen molar-refractivity contribution in [3.63, 3.8) is 0 Å². The van der Waals surface area contributed by atoms with Crippen molar-refractivity contribution in [2.75, 3.05) is 13.6 Å². The normalized spacial score (nSPS) is 12.6. The van der Waals surface area contributed by atoms with Crippen LogP contribution in [0, 0.1) is 16.4 Å². The van der Waals surface area contributed by atoms with Crippen LogP contribution in [0.1, 0.15) is 36.2 Å². The molecular formula is C15H23IN2O. The number of hydrogen-bond acceptors (Lipinski definition) is 2. The Morgan fingerprint density at radius 3 is 2.58 bits per heavy atom. The maximum absolute atomic E-state index is 12.3. The Morgan fingerprint density at radius 2 is 2.05 bits per heavy atom. The molecule has 1 rings (SSSR count). The molecule has 0 aromatic heterocycles. The number of amides is 1. The summed E-state index contributed by atoms with van der Waals surface area (Å²) >= 11 is 2.26. The summed E-state index contributed by atoms with van der Waals surface area (Å²) in [5.74, 6) is 0.512. The quantitative estimate of drug-likeness (QED) is 0.806. The van der Waals surface area contributed by atoms with Crippen LogP contribution in [-0.4, -0.2) is 30.4 Å². The molecule has 3 nitrogen and oxygen atoms in total. The Kier molecular flexibility index (Phi) is 6.26. The van der Waals surface area contributed by atoms with E-state index in [1.54, 1.807) is 4.90 Å². The zero-order valence-corrected chi connectivity index (χ0v) is 14.3. The Bertz CT molecular complexity index is 446. The molecule has 0 radical (unpaired) electrons. The van der Waals surface area contributed by atoms with E-state index < -0.39 is 0 Å². The van der Waals surface area contributed by atoms with Gasteiger partial charge in [0.1, 0.15) is 0 Å². The zero-order valence-electron chi connectivity index (χ0n) is 12.1. The maximum Gasteiger partial charge on any atom is 0.253 e. The van der Waals surface area contributed by atoms with Crippen LogP contribution in [0.5, 0.6) is 0 Å². The fourth-order valence-corrected chi connectivity index (χ4v) is 2.24. The highest BCUT2D eigenvalue weighted by atomic mass is 127. The van der Waals surface area contributed by atoms with E-state index >= 15 is 0 Å². The predicted molar refractivity (Wildman–Crippen MR) is 88.3 cm³/mol. The van der Waals surface area contributed by atoms with Gasteiger partial charge in [-0.1, -0.05) is 19.9 Å². The fourth-order valence-electron chi connectivity index (χ4n) is 1.72. The van der Waals surface area contributed by atoms with Gasteiger partial charge in [0.25, 0.3) is 5.91 Å². The summed E-state index contributed by atoms with van der Waals surface area (Å²) in [7, 11) is 1.84. The van der Waals surface area contributed by atoms with Crippen molar-refractivity contribution in [3.8, 4) is 0 Å². The number of carbonyl (C=O) groups is 1. The lowest BCUT2D eigenvalue weighted by atomic mass is 10.0. The topological polar surface area (TPSA) is 46.3 Å². The molecule has 1 amide bonds. The SMILES string of the molecule is Cc1ccc(C(=O)N(C)CCC(N)C(C)C)cc1I. The lowest BCUT2D eigenvalue weighted by molar-refractivity contribution is 0.0789. The molecule has 1 unspecified atom stereocenters. The number of carbonyl (C=O) groups excluding carboxylic acids is 1. The lowest BCUT2D eigenvalue weighted by Gasteiger charge is -2.21. The van der Waals surface area contributed by atoms with E-state index in [-0.39, 0.29) is 11.9 Å². The smallest absolute Gasteiger partial charge is 0.253 e. The molecular weight excluding hydrogens is 351 g/mol. The number of aryl methyl sites for hydroxylation is 1. The molecule has 0 aliphatic heterocycles. The molecule has 106 valence electrons. The second-order valence-corrected chi connectivity index (χ2v) is 6.55. The Hall–Kier alpha value is -0.620. The van der Waals surface area contributed by atoms with Crippen molar-refractivity contribution in [1.82, 2.24) is 4.90 Å². The summed E-state index contributed by atoms with van der Waals surface area (Å²) < 4.78 is 1.12. The molecule has 4 heteroatoms. The molecule has 0 aliphatic carbocycles. The second kappa shape index (κ2) is 7.24. The zero-order chi connectivity index (χ0) is 14.6. The number of hydrogen-bond donors (Lipinski definition) is 1. The van der Waals surface area contributed by atoms with Gasteiger partial charge in [-0.3, -0.25) is 4.79 Å². The van der Waals surface area contributed by atoms with E-state index in [1.165, 1.54) is 5.56 Å². The Morgan fingerprint density at radius 1 is 1.42 bits per heavy atom. The molecule has 1 aromatic rings. The third-order valence-corrected chi connectivity index (χ3v) is 4.58. The molecule has 0 fully saturated rings. The number of halogens is 1. The van der Waals surface area contributed by atoms with E-state index in [2.05, 4.69) is 36.4 Å². The number of nitrogens with two attached hydrogens (primary N) is 1. The van der Waals surface area contributed by atoms with Gasteiger partial charge in [-0.15, -0.1) is 0 Å². The standard InChI is InChI=1S/C15H23IN2O/c1-10(2)14(17)7-8-18(4)15(19)12-6-5-11(3)13(16)9-12/h5-6,9-10,14H,7-8,17H2,1-4H3. The van der Waals surface area contributed by atoms with Crippen LogP contribution in [0.15, 0.2) is 18.2 Å². The summed E-state index contributed by atoms with van der Waals surface area (Å²) in [4.78, 5) is 14.0. The van der Waals surface area contributed by atoms with Crippen LogP contribution < -0.4 is 5.73 Å². The van der Waals surface area contributed by atoms with Crippen molar-refractivity contribution in [1.29, 1.82) is 0 Å². The molecule has 19 heavy (non-hydrogen) atoms. The van der Waals surface area contributed by atoms with Crippen LogP contribution in [-0.2, 0) is 0 Å². The Labute approximate surface area is 129 Å². The first-order valence-electron chi connectivity index (χ1n) is 6.60. The minimum absolute atomic E-state index is 0.0638. The minimum Gasteiger partial charge on any atom is -0.342 e. The van der Waals surface area contributed by atoms with E-state index in [4.69, 9.17) is 5.73 Å². The fraction of sp³-hybridized carbons (Fsp3) is 0.533. The highest BCUT2D eigenvalue weighted by Crippen LogP contribution is 2.15. The van der Waals surface area contributed by atoms with Gasteiger partial charge in [0.2, 0.25) is 0 Å². The van der Waals surface area contributed by atoms with E-state index in [9.17, 15) is 4.79 Å². The summed E-state index contributed by atoms with van der Waals surface area (Å²) in [6, 6.07) is 5.96. The summed E-state index contributed by atoms with van der Waals surface area (Å²) in [6.45, 7) is 6.95. The first kappa shape index (κ1) is 16.4. The molecule has 0 aliphatic rings. The number of rotatable bonds is 5. The van der Waals surface area contributed by atoms with E-state index in [0.717, 1.165) is 15.6 Å². The molecule has 0 spiro atoms. The number of benzene rings is 1. The number of nitrogens with zero attached hydrogens (tertiary/aromatic N) is 1. The van der Waals surface area contributed by atoms with Gasteiger partial charge in [-0.2, -0.15) is 0 Å². The average Bonchev–Trinajstić information content (AvgIpc) is 2.37. The lowest BCUT2D eigenvalue weighted by Crippen LogP contribution is -2.34. The summed E-state index contributed by atoms with van der Waals surface area (Å²) in [5, 5.41) is 0. The van der Waals surface area contributed by atoms with Gasteiger partial charge in [0, 0.05) is 28.8 Å². The van der Waals surface area contributed by atoms with Crippen molar-refractivity contribution in [3.05, 3.63) is 32.9 Å². The van der Waals surface area contributed by atoms with Crippen molar-refractivity contribution in [2.24, 2.45) is 11.7 Å². The molecule has 0 saturated carbocycles. The van der Waals surface area contributed by atoms with Gasteiger partial charge in [-0.05, 0) is 59.5 Å². The van der Waals surface area contributed by atoms with Gasteiger partial charge >= 0.3 is 0 Å². The highest BCUT2D eigenvalue weighted by Gasteiger charge is 2.14. The van der Waals surface area contributed by atoms with Crippen molar-refractivity contribution >= 4 is 28.5 Å². The van der Waals surface area contributed by atoms with Gasteiger partial charge in [0.15, 0.2) is 0 Å². The monoisotopic (exact) mass is 374 g/mol. The molecule has 1 atom stereocenters. The molecule has 2 N–H and O–H groups in total.